The van der Waals surface area contributed by atoms with Crippen LogP contribution in [0, 0.1) is 0 Å². The second-order valence-electron chi connectivity index (χ2n) is 4.65. The van der Waals surface area contributed by atoms with E-state index < -0.39 is 0 Å². The number of carbonyl (C=O) groups excluding carboxylic acids is 1. The standard InChI is InChI=1S/C14H20N2O/c1-15-10-14(17)16-13-9-5-8-12(13)11-6-3-2-4-7-11/h2-4,6-7,12-13,15H,5,8-10H2,1H3,(H,16,17). The first kappa shape index (κ1) is 12.1. The van der Waals surface area contributed by atoms with Crippen molar-refractivity contribution in [3.63, 3.8) is 0 Å². The smallest absolute Gasteiger partial charge is 0.234 e. The number of rotatable bonds is 4. The first-order valence-electron chi connectivity index (χ1n) is 6.30. The highest BCUT2D eigenvalue weighted by Crippen LogP contribution is 2.34. The lowest BCUT2D eigenvalue weighted by atomic mass is 9.94. The molecule has 1 aliphatic carbocycles. The third kappa shape index (κ3) is 3.07. The summed E-state index contributed by atoms with van der Waals surface area (Å²) in [6.45, 7) is 0.401. The molecule has 1 saturated carbocycles. The SMILES string of the molecule is CNCC(=O)NC1CCCC1c1ccccc1. The fourth-order valence-electron chi connectivity index (χ4n) is 2.65. The summed E-state index contributed by atoms with van der Waals surface area (Å²) in [4.78, 5) is 11.6. The monoisotopic (exact) mass is 232 g/mol. The van der Waals surface area contributed by atoms with E-state index in [2.05, 4.69) is 34.9 Å². The van der Waals surface area contributed by atoms with Gasteiger partial charge in [0, 0.05) is 12.0 Å². The van der Waals surface area contributed by atoms with Crippen LogP contribution in [-0.4, -0.2) is 25.5 Å². The molecule has 0 heterocycles. The maximum Gasteiger partial charge on any atom is 0.234 e. The molecule has 0 aliphatic heterocycles. The van der Waals surface area contributed by atoms with Gasteiger partial charge in [0.05, 0.1) is 6.54 Å². The summed E-state index contributed by atoms with van der Waals surface area (Å²) < 4.78 is 0. The predicted octanol–water partition coefficient (Wildman–Crippen LogP) is 1.66. The van der Waals surface area contributed by atoms with Gasteiger partial charge in [0.1, 0.15) is 0 Å². The van der Waals surface area contributed by atoms with Crippen molar-refractivity contribution in [1.82, 2.24) is 10.6 Å². The van der Waals surface area contributed by atoms with Crippen molar-refractivity contribution in [3.8, 4) is 0 Å². The van der Waals surface area contributed by atoms with Crippen molar-refractivity contribution >= 4 is 5.91 Å². The second kappa shape index (κ2) is 5.82. The van der Waals surface area contributed by atoms with Gasteiger partial charge in [-0.05, 0) is 25.5 Å². The average Bonchev–Trinajstić information content (AvgIpc) is 2.78. The molecule has 1 aromatic carbocycles. The van der Waals surface area contributed by atoms with Crippen LogP contribution in [0.15, 0.2) is 30.3 Å². The van der Waals surface area contributed by atoms with Crippen LogP contribution >= 0.6 is 0 Å². The summed E-state index contributed by atoms with van der Waals surface area (Å²) in [7, 11) is 1.79. The minimum Gasteiger partial charge on any atom is -0.352 e. The molecule has 2 N–H and O–H groups in total. The zero-order valence-electron chi connectivity index (χ0n) is 10.3. The number of amides is 1. The molecule has 0 bridgehead atoms. The first-order chi connectivity index (χ1) is 8.31. The van der Waals surface area contributed by atoms with Gasteiger partial charge in [-0.15, -0.1) is 0 Å². The van der Waals surface area contributed by atoms with E-state index in [1.54, 1.807) is 7.05 Å². The van der Waals surface area contributed by atoms with Crippen LogP contribution in [0.25, 0.3) is 0 Å². The molecule has 0 spiro atoms. The van der Waals surface area contributed by atoms with Gasteiger partial charge < -0.3 is 10.6 Å². The maximum absolute atomic E-state index is 11.6. The van der Waals surface area contributed by atoms with E-state index in [4.69, 9.17) is 0 Å². The highest BCUT2D eigenvalue weighted by Gasteiger charge is 2.29. The molecular weight excluding hydrogens is 212 g/mol. The first-order valence-corrected chi connectivity index (χ1v) is 6.30. The minimum atomic E-state index is 0.0975. The van der Waals surface area contributed by atoms with Crippen LogP contribution in [0.5, 0.6) is 0 Å². The second-order valence-corrected chi connectivity index (χ2v) is 4.65. The van der Waals surface area contributed by atoms with Crippen LogP contribution in [0.1, 0.15) is 30.7 Å². The Morgan fingerprint density at radius 1 is 1.29 bits per heavy atom. The van der Waals surface area contributed by atoms with Crippen molar-refractivity contribution in [2.24, 2.45) is 0 Å². The third-order valence-electron chi connectivity index (χ3n) is 3.43. The van der Waals surface area contributed by atoms with E-state index in [0.717, 1.165) is 6.42 Å². The van der Waals surface area contributed by atoms with Crippen LogP contribution in [0.3, 0.4) is 0 Å². The Kier molecular flexibility index (Phi) is 4.15. The molecule has 1 fully saturated rings. The fraction of sp³-hybridized carbons (Fsp3) is 0.500. The van der Waals surface area contributed by atoms with E-state index in [1.165, 1.54) is 18.4 Å². The Labute approximate surface area is 103 Å². The van der Waals surface area contributed by atoms with E-state index >= 15 is 0 Å². The zero-order chi connectivity index (χ0) is 12.1. The van der Waals surface area contributed by atoms with Gasteiger partial charge >= 0.3 is 0 Å². The summed E-state index contributed by atoms with van der Waals surface area (Å²) in [5.74, 6) is 0.581. The molecule has 3 nitrogen and oxygen atoms in total. The van der Waals surface area contributed by atoms with Crippen molar-refractivity contribution in [2.45, 2.75) is 31.2 Å². The topological polar surface area (TPSA) is 41.1 Å². The van der Waals surface area contributed by atoms with Crippen molar-refractivity contribution in [2.75, 3.05) is 13.6 Å². The largest absolute Gasteiger partial charge is 0.352 e. The van der Waals surface area contributed by atoms with Crippen molar-refractivity contribution in [1.29, 1.82) is 0 Å². The normalized spacial score (nSPS) is 23.6. The van der Waals surface area contributed by atoms with Crippen LogP contribution < -0.4 is 10.6 Å². The van der Waals surface area contributed by atoms with Gasteiger partial charge in [-0.25, -0.2) is 0 Å². The van der Waals surface area contributed by atoms with Gasteiger partial charge in [0.15, 0.2) is 0 Å². The molecule has 0 saturated heterocycles. The van der Waals surface area contributed by atoms with Gasteiger partial charge in [-0.2, -0.15) is 0 Å². The van der Waals surface area contributed by atoms with E-state index in [0.29, 0.717) is 18.5 Å². The van der Waals surface area contributed by atoms with Gasteiger partial charge in [0.2, 0.25) is 5.91 Å². The van der Waals surface area contributed by atoms with Gasteiger partial charge in [-0.1, -0.05) is 36.8 Å². The Balaban J connectivity index is 2.00. The van der Waals surface area contributed by atoms with Gasteiger partial charge in [-0.3, -0.25) is 4.79 Å². The Morgan fingerprint density at radius 3 is 2.76 bits per heavy atom. The maximum atomic E-state index is 11.6. The molecule has 2 unspecified atom stereocenters. The number of benzene rings is 1. The molecule has 3 heteroatoms. The number of carbonyl (C=O) groups is 1. The summed E-state index contributed by atoms with van der Waals surface area (Å²) in [5, 5.41) is 6.01. The molecule has 1 aliphatic rings. The number of hydrogen-bond acceptors (Lipinski definition) is 2. The highest BCUT2D eigenvalue weighted by atomic mass is 16.1. The lowest BCUT2D eigenvalue weighted by Gasteiger charge is -2.21. The van der Waals surface area contributed by atoms with Gasteiger partial charge in [0.25, 0.3) is 0 Å². The van der Waals surface area contributed by atoms with E-state index in [1.807, 2.05) is 6.07 Å². The molecular formula is C14H20N2O. The van der Waals surface area contributed by atoms with Crippen LogP contribution in [-0.2, 0) is 4.79 Å². The molecule has 1 amide bonds. The molecule has 92 valence electrons. The predicted molar refractivity (Wildman–Crippen MR) is 68.9 cm³/mol. The van der Waals surface area contributed by atoms with Crippen molar-refractivity contribution < 1.29 is 4.79 Å². The van der Waals surface area contributed by atoms with Crippen molar-refractivity contribution in [3.05, 3.63) is 35.9 Å². The Morgan fingerprint density at radius 2 is 2.06 bits per heavy atom. The Hall–Kier alpha value is -1.35. The number of likely N-dealkylation sites (N-methyl/N-ethyl adjacent to an activating group) is 1. The summed E-state index contributed by atoms with van der Waals surface area (Å²) in [6, 6.07) is 10.8. The van der Waals surface area contributed by atoms with Crippen LogP contribution in [0.4, 0.5) is 0 Å². The molecule has 0 radical (unpaired) electrons. The summed E-state index contributed by atoms with van der Waals surface area (Å²) in [5.41, 5.74) is 1.35. The lowest BCUT2D eigenvalue weighted by Crippen LogP contribution is -2.40. The quantitative estimate of drug-likeness (QED) is 0.829. The zero-order valence-corrected chi connectivity index (χ0v) is 10.3. The minimum absolute atomic E-state index is 0.0975. The summed E-state index contributed by atoms with van der Waals surface area (Å²) >= 11 is 0. The number of nitrogens with one attached hydrogen (secondary N) is 2. The molecule has 17 heavy (non-hydrogen) atoms. The molecule has 1 aromatic rings. The number of hydrogen-bond donors (Lipinski definition) is 2. The highest BCUT2D eigenvalue weighted by molar-refractivity contribution is 5.78. The fourth-order valence-corrected chi connectivity index (χ4v) is 2.65. The lowest BCUT2D eigenvalue weighted by molar-refractivity contribution is -0.120. The van der Waals surface area contributed by atoms with Crippen LogP contribution in [0.2, 0.25) is 0 Å². The molecule has 2 rings (SSSR count). The third-order valence-corrected chi connectivity index (χ3v) is 3.43. The molecule has 2 atom stereocenters. The van der Waals surface area contributed by atoms with E-state index in [9.17, 15) is 4.79 Å². The van der Waals surface area contributed by atoms with E-state index in [-0.39, 0.29) is 5.91 Å². The Bertz CT molecular complexity index is 364. The molecule has 0 aromatic heterocycles. The summed E-state index contributed by atoms with van der Waals surface area (Å²) in [6.07, 6.45) is 3.47. The average molecular weight is 232 g/mol.